The van der Waals surface area contributed by atoms with Gasteiger partial charge in [0.25, 0.3) is 0 Å². The largest absolute Gasteiger partial charge is 0.465 e. The van der Waals surface area contributed by atoms with E-state index in [4.69, 9.17) is 5.21 Å². The standard InChI is InChI=1S/C5H11NO3/c1-3-9-5(7)4(2)6-8/h4,6,8H,3H2,1-2H3/t4-/m0/s1. The minimum Gasteiger partial charge on any atom is -0.465 e. The smallest absolute Gasteiger partial charge is 0.325 e. The highest BCUT2D eigenvalue weighted by Crippen LogP contribution is 1.84. The van der Waals surface area contributed by atoms with Crippen LogP contribution in [-0.2, 0) is 9.53 Å². The van der Waals surface area contributed by atoms with Gasteiger partial charge in [0.05, 0.1) is 6.61 Å². The number of carbonyl (C=O) groups excluding carboxylic acids is 1. The molecule has 0 bridgehead atoms. The first-order valence-corrected chi connectivity index (χ1v) is 2.78. The lowest BCUT2D eigenvalue weighted by molar-refractivity contribution is -0.147. The van der Waals surface area contributed by atoms with E-state index in [-0.39, 0.29) is 0 Å². The number of hydroxylamine groups is 1. The van der Waals surface area contributed by atoms with Crippen LogP contribution in [-0.4, -0.2) is 23.8 Å². The van der Waals surface area contributed by atoms with Crippen molar-refractivity contribution in [1.29, 1.82) is 0 Å². The van der Waals surface area contributed by atoms with Crippen LogP contribution in [0.5, 0.6) is 0 Å². The normalized spacial score (nSPS) is 12.8. The average Bonchev–Trinajstić information content (AvgIpc) is 1.87. The van der Waals surface area contributed by atoms with Crippen molar-refractivity contribution in [3.8, 4) is 0 Å². The third-order valence-electron chi connectivity index (χ3n) is 0.834. The molecule has 0 aliphatic heterocycles. The lowest BCUT2D eigenvalue weighted by atomic mass is 10.4. The van der Waals surface area contributed by atoms with Crippen LogP contribution in [0.3, 0.4) is 0 Å². The third kappa shape index (κ3) is 3.05. The predicted molar refractivity (Wildman–Crippen MR) is 31.0 cm³/mol. The van der Waals surface area contributed by atoms with Gasteiger partial charge in [-0.25, -0.2) is 0 Å². The first-order chi connectivity index (χ1) is 4.22. The highest BCUT2D eigenvalue weighted by atomic mass is 16.5. The van der Waals surface area contributed by atoms with E-state index in [1.807, 2.05) is 0 Å². The zero-order valence-corrected chi connectivity index (χ0v) is 5.55. The van der Waals surface area contributed by atoms with Crippen LogP contribution in [0.1, 0.15) is 13.8 Å². The number of nitrogens with one attached hydrogen (secondary N) is 1. The number of rotatable bonds is 3. The second-order valence-electron chi connectivity index (χ2n) is 1.60. The second-order valence-corrected chi connectivity index (χ2v) is 1.60. The minimum absolute atomic E-state index is 0.338. The lowest BCUT2D eigenvalue weighted by Gasteiger charge is -2.06. The van der Waals surface area contributed by atoms with Crippen molar-refractivity contribution < 1.29 is 14.7 Å². The van der Waals surface area contributed by atoms with Gasteiger partial charge >= 0.3 is 5.97 Å². The van der Waals surface area contributed by atoms with Gasteiger partial charge in [-0.15, -0.1) is 0 Å². The fourth-order valence-electron chi connectivity index (χ4n) is 0.320. The summed E-state index contributed by atoms with van der Waals surface area (Å²) in [5.74, 6) is -0.444. The van der Waals surface area contributed by atoms with E-state index in [1.54, 1.807) is 12.4 Å². The van der Waals surface area contributed by atoms with Gasteiger partial charge in [0, 0.05) is 0 Å². The highest BCUT2D eigenvalue weighted by molar-refractivity contribution is 5.74. The van der Waals surface area contributed by atoms with Crippen LogP contribution in [0.15, 0.2) is 0 Å². The van der Waals surface area contributed by atoms with Crippen molar-refractivity contribution in [1.82, 2.24) is 5.48 Å². The average molecular weight is 133 g/mol. The molecule has 0 fully saturated rings. The van der Waals surface area contributed by atoms with Crippen LogP contribution < -0.4 is 5.48 Å². The molecule has 0 saturated carbocycles. The molecule has 0 heterocycles. The van der Waals surface area contributed by atoms with Crippen molar-refractivity contribution in [3.63, 3.8) is 0 Å². The quantitative estimate of drug-likeness (QED) is 0.417. The molecule has 0 amide bonds. The van der Waals surface area contributed by atoms with Gasteiger partial charge in [0.15, 0.2) is 0 Å². The van der Waals surface area contributed by atoms with E-state index in [0.717, 1.165) is 0 Å². The maximum absolute atomic E-state index is 10.5. The Morgan fingerprint density at radius 3 is 2.78 bits per heavy atom. The molecule has 54 valence electrons. The molecule has 0 aliphatic carbocycles. The van der Waals surface area contributed by atoms with E-state index in [9.17, 15) is 4.79 Å². The van der Waals surface area contributed by atoms with Crippen LogP contribution in [0.25, 0.3) is 0 Å². The number of hydrogen-bond donors (Lipinski definition) is 2. The molecule has 0 aromatic rings. The Hall–Kier alpha value is -0.610. The first-order valence-electron chi connectivity index (χ1n) is 2.78. The van der Waals surface area contributed by atoms with E-state index < -0.39 is 12.0 Å². The molecule has 2 N–H and O–H groups in total. The summed E-state index contributed by atoms with van der Waals surface area (Å²) < 4.78 is 4.53. The number of hydrogen-bond acceptors (Lipinski definition) is 4. The second kappa shape index (κ2) is 4.29. The van der Waals surface area contributed by atoms with Crippen molar-refractivity contribution in [3.05, 3.63) is 0 Å². The van der Waals surface area contributed by atoms with Gasteiger partial charge in [-0.05, 0) is 13.8 Å². The molecular formula is C5H11NO3. The van der Waals surface area contributed by atoms with E-state index in [2.05, 4.69) is 4.74 Å². The van der Waals surface area contributed by atoms with Crippen molar-refractivity contribution in [2.45, 2.75) is 19.9 Å². The molecule has 0 aromatic carbocycles. The summed E-state index contributed by atoms with van der Waals surface area (Å²) in [6.45, 7) is 3.56. The molecule has 4 heteroatoms. The minimum atomic E-state index is -0.634. The molecule has 0 saturated heterocycles. The van der Waals surface area contributed by atoms with E-state index in [1.165, 1.54) is 6.92 Å². The van der Waals surface area contributed by atoms with Crippen molar-refractivity contribution in [2.75, 3.05) is 6.61 Å². The molecule has 0 spiro atoms. The van der Waals surface area contributed by atoms with Crippen LogP contribution in [0.2, 0.25) is 0 Å². The Kier molecular flexibility index (Phi) is 4.00. The van der Waals surface area contributed by atoms with Crippen LogP contribution in [0.4, 0.5) is 0 Å². The molecule has 4 nitrogen and oxygen atoms in total. The summed E-state index contributed by atoms with van der Waals surface area (Å²) in [4.78, 5) is 10.5. The summed E-state index contributed by atoms with van der Waals surface area (Å²) in [5.41, 5.74) is 1.77. The Bertz CT molecular complexity index is 94.2. The third-order valence-corrected chi connectivity index (χ3v) is 0.834. The maximum atomic E-state index is 10.5. The number of carbonyl (C=O) groups is 1. The monoisotopic (exact) mass is 133 g/mol. The Labute approximate surface area is 53.8 Å². The summed E-state index contributed by atoms with van der Waals surface area (Å²) >= 11 is 0. The van der Waals surface area contributed by atoms with E-state index >= 15 is 0 Å². The molecule has 0 aliphatic rings. The van der Waals surface area contributed by atoms with Gasteiger partial charge in [0.2, 0.25) is 0 Å². The summed E-state index contributed by atoms with van der Waals surface area (Å²) in [5, 5.41) is 8.18. The highest BCUT2D eigenvalue weighted by Gasteiger charge is 2.10. The molecular weight excluding hydrogens is 122 g/mol. The molecule has 9 heavy (non-hydrogen) atoms. The summed E-state index contributed by atoms with van der Waals surface area (Å²) in [6.07, 6.45) is 0. The number of esters is 1. The van der Waals surface area contributed by atoms with Gasteiger partial charge < -0.3 is 9.94 Å². The fraction of sp³-hybridized carbons (Fsp3) is 0.800. The lowest BCUT2D eigenvalue weighted by Crippen LogP contribution is -2.32. The van der Waals surface area contributed by atoms with E-state index in [0.29, 0.717) is 6.61 Å². The Morgan fingerprint density at radius 2 is 2.44 bits per heavy atom. The Balaban J connectivity index is 3.46. The maximum Gasteiger partial charge on any atom is 0.325 e. The summed E-state index contributed by atoms with van der Waals surface area (Å²) in [6, 6.07) is -0.634. The Morgan fingerprint density at radius 1 is 1.89 bits per heavy atom. The fourth-order valence-corrected chi connectivity index (χ4v) is 0.320. The van der Waals surface area contributed by atoms with Crippen LogP contribution >= 0.6 is 0 Å². The molecule has 1 atom stereocenters. The van der Waals surface area contributed by atoms with Gasteiger partial charge in [-0.1, -0.05) is 0 Å². The van der Waals surface area contributed by atoms with Crippen molar-refractivity contribution in [2.24, 2.45) is 0 Å². The summed E-state index contributed by atoms with van der Waals surface area (Å²) in [7, 11) is 0. The zero-order chi connectivity index (χ0) is 7.28. The predicted octanol–water partition coefficient (Wildman–Crippen LogP) is -0.0832. The van der Waals surface area contributed by atoms with Gasteiger partial charge in [-0.3, -0.25) is 4.79 Å². The molecule has 0 radical (unpaired) electrons. The molecule has 0 aromatic heterocycles. The topological polar surface area (TPSA) is 58.6 Å². The van der Waals surface area contributed by atoms with Gasteiger partial charge in [0.1, 0.15) is 6.04 Å². The van der Waals surface area contributed by atoms with Crippen molar-refractivity contribution >= 4 is 5.97 Å². The zero-order valence-electron chi connectivity index (χ0n) is 5.55. The SMILES string of the molecule is CCOC(=O)[C@H](C)NO. The van der Waals surface area contributed by atoms with Gasteiger partial charge in [-0.2, -0.15) is 5.48 Å². The number of ether oxygens (including phenoxy) is 1. The van der Waals surface area contributed by atoms with Crippen LogP contribution in [0, 0.1) is 0 Å². The molecule has 0 unspecified atom stereocenters. The first kappa shape index (κ1) is 8.39. The molecule has 0 rings (SSSR count).